The van der Waals surface area contributed by atoms with Crippen LogP contribution in [-0.2, 0) is 11.2 Å². The number of methoxy groups -OCH3 is 1. The van der Waals surface area contributed by atoms with E-state index in [0.29, 0.717) is 12.1 Å². The van der Waals surface area contributed by atoms with Gasteiger partial charge in [0.15, 0.2) is 0 Å². The fourth-order valence-corrected chi connectivity index (χ4v) is 3.18. The van der Waals surface area contributed by atoms with Crippen LogP contribution in [0.2, 0.25) is 0 Å². The van der Waals surface area contributed by atoms with E-state index in [-0.39, 0.29) is 0 Å². The van der Waals surface area contributed by atoms with Crippen LogP contribution in [0, 0.1) is 5.92 Å². The summed E-state index contributed by atoms with van der Waals surface area (Å²) >= 11 is 0. The molecule has 1 aromatic carbocycles. The fraction of sp³-hybridized carbons (Fsp3) is 0.500. The second kappa shape index (κ2) is 5.75. The first-order chi connectivity index (χ1) is 9.76. The van der Waals surface area contributed by atoms with Gasteiger partial charge >= 0.3 is 0 Å². The van der Waals surface area contributed by atoms with Gasteiger partial charge in [-0.25, -0.2) is 9.97 Å². The van der Waals surface area contributed by atoms with Gasteiger partial charge in [-0.2, -0.15) is 0 Å². The lowest BCUT2D eigenvalue weighted by Crippen LogP contribution is -2.21. The molecule has 4 nitrogen and oxygen atoms in total. The predicted octanol–water partition coefficient (Wildman–Crippen LogP) is 2.96. The summed E-state index contributed by atoms with van der Waals surface area (Å²) in [6.45, 7) is 0. The molecular formula is C16H21N3O. The van der Waals surface area contributed by atoms with Crippen molar-refractivity contribution < 1.29 is 4.74 Å². The molecule has 0 bridgehead atoms. The normalized spacial score (nSPS) is 23.1. The number of para-hydroxylation sites is 1. The monoisotopic (exact) mass is 271 g/mol. The Labute approximate surface area is 119 Å². The van der Waals surface area contributed by atoms with Gasteiger partial charge in [0, 0.05) is 18.7 Å². The van der Waals surface area contributed by atoms with Gasteiger partial charge < -0.3 is 10.5 Å². The lowest BCUT2D eigenvalue weighted by Gasteiger charge is -2.27. The highest BCUT2D eigenvalue weighted by Gasteiger charge is 2.21. The number of benzene rings is 1. The van der Waals surface area contributed by atoms with Crippen molar-refractivity contribution in [1.29, 1.82) is 0 Å². The summed E-state index contributed by atoms with van der Waals surface area (Å²) in [5.74, 6) is 1.08. The largest absolute Gasteiger partial charge is 0.381 e. The van der Waals surface area contributed by atoms with Crippen molar-refractivity contribution in [2.75, 3.05) is 12.8 Å². The van der Waals surface area contributed by atoms with Crippen molar-refractivity contribution in [2.45, 2.75) is 38.2 Å². The summed E-state index contributed by atoms with van der Waals surface area (Å²) in [5.41, 5.74) is 8.02. The molecule has 1 aromatic heterocycles. The third kappa shape index (κ3) is 2.75. The number of anilines is 1. The molecular weight excluding hydrogens is 250 g/mol. The maximum Gasteiger partial charge on any atom is 0.220 e. The van der Waals surface area contributed by atoms with Crippen molar-refractivity contribution in [3.63, 3.8) is 0 Å². The minimum atomic E-state index is 0.355. The van der Waals surface area contributed by atoms with E-state index in [1.165, 1.54) is 31.2 Å². The van der Waals surface area contributed by atoms with E-state index in [0.717, 1.165) is 23.2 Å². The van der Waals surface area contributed by atoms with E-state index in [4.69, 9.17) is 10.5 Å². The van der Waals surface area contributed by atoms with Crippen molar-refractivity contribution >= 4 is 16.9 Å². The summed E-state index contributed by atoms with van der Waals surface area (Å²) in [5, 5.41) is 1.07. The maximum atomic E-state index is 5.72. The third-order valence-corrected chi connectivity index (χ3v) is 4.35. The molecule has 0 atom stereocenters. The summed E-state index contributed by atoms with van der Waals surface area (Å²) in [7, 11) is 1.81. The fourth-order valence-electron chi connectivity index (χ4n) is 3.18. The Morgan fingerprint density at radius 2 is 2.05 bits per heavy atom. The highest BCUT2D eigenvalue weighted by Crippen LogP contribution is 2.30. The van der Waals surface area contributed by atoms with Gasteiger partial charge in [-0.3, -0.25) is 0 Å². The molecule has 20 heavy (non-hydrogen) atoms. The molecule has 106 valence electrons. The Kier molecular flexibility index (Phi) is 3.83. The van der Waals surface area contributed by atoms with Crippen LogP contribution in [0.3, 0.4) is 0 Å². The van der Waals surface area contributed by atoms with Gasteiger partial charge in [0.05, 0.1) is 11.6 Å². The molecule has 1 heterocycles. The Bertz CT molecular complexity index is 591. The van der Waals surface area contributed by atoms with E-state index in [2.05, 4.69) is 22.1 Å². The number of nitrogen functional groups attached to an aromatic ring is 1. The molecule has 1 aliphatic carbocycles. The smallest absolute Gasteiger partial charge is 0.220 e. The molecule has 4 heteroatoms. The van der Waals surface area contributed by atoms with E-state index in [1.54, 1.807) is 0 Å². The minimum absolute atomic E-state index is 0.355. The molecule has 1 saturated carbocycles. The minimum Gasteiger partial charge on any atom is -0.381 e. The van der Waals surface area contributed by atoms with Gasteiger partial charge in [0.2, 0.25) is 5.95 Å². The van der Waals surface area contributed by atoms with Gasteiger partial charge in [-0.05, 0) is 43.6 Å². The quantitative estimate of drug-likeness (QED) is 0.932. The number of aromatic nitrogens is 2. The van der Waals surface area contributed by atoms with E-state index in [1.807, 2.05) is 19.4 Å². The summed E-state index contributed by atoms with van der Waals surface area (Å²) < 4.78 is 5.44. The van der Waals surface area contributed by atoms with Crippen molar-refractivity contribution in [3.05, 3.63) is 30.0 Å². The Morgan fingerprint density at radius 1 is 1.25 bits per heavy atom. The molecule has 0 aliphatic heterocycles. The van der Waals surface area contributed by atoms with Crippen LogP contribution < -0.4 is 5.73 Å². The molecule has 0 amide bonds. The number of hydrogen-bond donors (Lipinski definition) is 1. The van der Waals surface area contributed by atoms with Crippen LogP contribution in [0.5, 0.6) is 0 Å². The zero-order valence-corrected chi connectivity index (χ0v) is 11.9. The standard InChI is InChI=1S/C16H21N3O/c1-20-14-7-5-11(6-8-14)9-12-3-2-4-13-10-18-16(17)19-15(12)13/h2-4,10-11,14H,5-9H2,1H3,(H2,17,18,19). The molecule has 3 rings (SSSR count). The van der Waals surface area contributed by atoms with Gasteiger partial charge in [0.25, 0.3) is 0 Å². The van der Waals surface area contributed by atoms with Crippen molar-refractivity contribution in [2.24, 2.45) is 5.92 Å². The van der Waals surface area contributed by atoms with Crippen LogP contribution in [0.4, 0.5) is 5.95 Å². The molecule has 2 aromatic rings. The number of nitrogens with zero attached hydrogens (tertiary/aromatic N) is 2. The van der Waals surface area contributed by atoms with E-state index in [9.17, 15) is 0 Å². The average Bonchev–Trinajstić information content (AvgIpc) is 2.49. The summed E-state index contributed by atoms with van der Waals surface area (Å²) in [4.78, 5) is 8.48. The highest BCUT2D eigenvalue weighted by molar-refractivity contribution is 5.81. The summed E-state index contributed by atoms with van der Waals surface area (Å²) in [6.07, 6.45) is 8.14. The zero-order valence-electron chi connectivity index (χ0n) is 11.9. The Balaban J connectivity index is 1.79. The second-order valence-corrected chi connectivity index (χ2v) is 5.67. The zero-order chi connectivity index (χ0) is 13.9. The first kappa shape index (κ1) is 13.3. The molecule has 1 fully saturated rings. The molecule has 0 unspecified atom stereocenters. The van der Waals surface area contributed by atoms with Crippen LogP contribution >= 0.6 is 0 Å². The number of nitrogens with two attached hydrogens (primary N) is 1. The second-order valence-electron chi connectivity index (χ2n) is 5.67. The SMILES string of the molecule is COC1CCC(Cc2cccc3cnc(N)nc23)CC1. The van der Waals surface area contributed by atoms with Crippen LogP contribution in [0.25, 0.3) is 10.9 Å². The lowest BCUT2D eigenvalue weighted by molar-refractivity contribution is 0.0569. The first-order valence-electron chi connectivity index (χ1n) is 7.29. The maximum absolute atomic E-state index is 5.72. The number of rotatable bonds is 3. The molecule has 0 saturated heterocycles. The Hall–Kier alpha value is -1.68. The van der Waals surface area contributed by atoms with Crippen LogP contribution in [0.15, 0.2) is 24.4 Å². The Morgan fingerprint density at radius 3 is 2.80 bits per heavy atom. The summed E-state index contributed by atoms with van der Waals surface area (Å²) in [6, 6.07) is 6.29. The topological polar surface area (TPSA) is 61.0 Å². The van der Waals surface area contributed by atoms with E-state index >= 15 is 0 Å². The average molecular weight is 271 g/mol. The molecule has 1 aliphatic rings. The highest BCUT2D eigenvalue weighted by atomic mass is 16.5. The van der Waals surface area contributed by atoms with Gasteiger partial charge in [-0.1, -0.05) is 18.2 Å². The predicted molar refractivity (Wildman–Crippen MR) is 80.4 cm³/mol. The van der Waals surface area contributed by atoms with E-state index < -0.39 is 0 Å². The number of ether oxygens (including phenoxy) is 1. The van der Waals surface area contributed by atoms with Crippen LogP contribution in [-0.4, -0.2) is 23.2 Å². The molecule has 2 N–H and O–H groups in total. The first-order valence-corrected chi connectivity index (χ1v) is 7.29. The van der Waals surface area contributed by atoms with Gasteiger partial charge in [-0.15, -0.1) is 0 Å². The lowest BCUT2D eigenvalue weighted by atomic mass is 9.83. The van der Waals surface area contributed by atoms with Crippen LogP contribution in [0.1, 0.15) is 31.2 Å². The molecule has 0 radical (unpaired) electrons. The van der Waals surface area contributed by atoms with Crippen molar-refractivity contribution in [3.8, 4) is 0 Å². The van der Waals surface area contributed by atoms with Crippen molar-refractivity contribution in [1.82, 2.24) is 9.97 Å². The van der Waals surface area contributed by atoms with Gasteiger partial charge in [0.1, 0.15) is 0 Å². The number of fused-ring (bicyclic) bond motifs is 1. The third-order valence-electron chi connectivity index (χ3n) is 4.35. The molecule has 0 spiro atoms. The number of hydrogen-bond acceptors (Lipinski definition) is 4.